The van der Waals surface area contributed by atoms with Gasteiger partial charge in [-0.05, 0) is 19.3 Å². The van der Waals surface area contributed by atoms with Gasteiger partial charge in [-0.15, -0.1) is 12.3 Å². The molecule has 0 aliphatic heterocycles. The molecule has 0 heterocycles. The van der Waals surface area contributed by atoms with Gasteiger partial charge < -0.3 is 11.1 Å². The average Bonchev–Trinajstić information content (AvgIpc) is 2.00. The maximum atomic E-state index is 11.3. The molecule has 0 spiro atoms. The predicted molar refractivity (Wildman–Crippen MR) is 47.2 cm³/mol. The van der Waals surface area contributed by atoms with E-state index in [0.29, 0.717) is 13.0 Å². The Morgan fingerprint density at radius 1 is 1.67 bits per heavy atom. The topological polar surface area (TPSA) is 55.1 Å². The first kappa shape index (κ1) is 9.08. The van der Waals surface area contributed by atoms with E-state index in [-0.39, 0.29) is 5.91 Å². The third-order valence-electron chi connectivity index (χ3n) is 2.25. The summed E-state index contributed by atoms with van der Waals surface area (Å²) in [5.41, 5.74) is 5.18. The lowest BCUT2D eigenvalue weighted by atomic mass is 9.77. The summed E-state index contributed by atoms with van der Waals surface area (Å²) in [5.74, 6) is 2.40. The number of nitrogens with two attached hydrogens (primary N) is 1. The maximum Gasteiger partial charge on any atom is 0.240 e. The number of carbonyl (C=O) groups excluding carboxylic acids is 1. The second kappa shape index (κ2) is 3.59. The van der Waals surface area contributed by atoms with Crippen molar-refractivity contribution in [1.29, 1.82) is 0 Å². The molecule has 3 heteroatoms. The van der Waals surface area contributed by atoms with Crippen molar-refractivity contribution in [2.75, 3.05) is 6.54 Å². The van der Waals surface area contributed by atoms with Gasteiger partial charge in [-0.25, -0.2) is 0 Å². The van der Waals surface area contributed by atoms with Gasteiger partial charge in [0.25, 0.3) is 0 Å². The van der Waals surface area contributed by atoms with Crippen LogP contribution in [0.2, 0.25) is 0 Å². The van der Waals surface area contributed by atoms with Crippen LogP contribution in [0.25, 0.3) is 0 Å². The van der Waals surface area contributed by atoms with Crippen molar-refractivity contribution in [3.05, 3.63) is 0 Å². The molecule has 0 aromatic heterocycles. The standard InChI is InChI=1S/C9H14N2O/c1-2-3-7-11-8(12)9(10)5-4-6-9/h1H,3-7,10H2,(H,11,12). The number of amides is 1. The summed E-state index contributed by atoms with van der Waals surface area (Å²) >= 11 is 0. The molecule has 12 heavy (non-hydrogen) atoms. The summed E-state index contributed by atoms with van der Waals surface area (Å²) in [4.78, 5) is 11.3. The van der Waals surface area contributed by atoms with Crippen LogP contribution in [-0.2, 0) is 4.79 Å². The molecule has 0 aromatic carbocycles. The molecule has 1 aliphatic rings. The lowest BCUT2D eigenvalue weighted by Gasteiger charge is -2.36. The minimum absolute atomic E-state index is 0.0519. The van der Waals surface area contributed by atoms with Crippen LogP contribution in [0.1, 0.15) is 25.7 Å². The summed E-state index contributed by atoms with van der Waals surface area (Å²) < 4.78 is 0. The first-order valence-electron chi connectivity index (χ1n) is 4.20. The smallest absolute Gasteiger partial charge is 0.240 e. The van der Waals surface area contributed by atoms with Gasteiger partial charge >= 0.3 is 0 Å². The number of rotatable bonds is 3. The van der Waals surface area contributed by atoms with Gasteiger partial charge in [-0.1, -0.05) is 0 Å². The van der Waals surface area contributed by atoms with Crippen molar-refractivity contribution in [3.8, 4) is 12.3 Å². The van der Waals surface area contributed by atoms with Crippen LogP contribution < -0.4 is 11.1 Å². The normalized spacial score (nSPS) is 19.0. The third kappa shape index (κ3) is 1.77. The number of carbonyl (C=O) groups is 1. The van der Waals surface area contributed by atoms with Crippen LogP contribution in [-0.4, -0.2) is 18.0 Å². The summed E-state index contributed by atoms with van der Waals surface area (Å²) in [6.45, 7) is 0.536. The van der Waals surface area contributed by atoms with Crippen LogP contribution in [0.3, 0.4) is 0 Å². The Kier molecular flexibility index (Phi) is 2.72. The Morgan fingerprint density at radius 2 is 2.33 bits per heavy atom. The molecule has 0 saturated heterocycles. The maximum absolute atomic E-state index is 11.3. The number of hydrogen-bond donors (Lipinski definition) is 2. The van der Waals surface area contributed by atoms with E-state index in [4.69, 9.17) is 12.2 Å². The highest BCUT2D eigenvalue weighted by molar-refractivity contribution is 5.86. The van der Waals surface area contributed by atoms with Gasteiger partial charge in [0.2, 0.25) is 5.91 Å². The van der Waals surface area contributed by atoms with Gasteiger partial charge in [-0.2, -0.15) is 0 Å². The first-order valence-corrected chi connectivity index (χ1v) is 4.20. The molecule has 0 atom stereocenters. The quantitative estimate of drug-likeness (QED) is 0.458. The lowest BCUT2D eigenvalue weighted by Crippen LogP contribution is -2.58. The largest absolute Gasteiger partial charge is 0.354 e. The Balaban J connectivity index is 2.24. The molecule has 1 saturated carbocycles. The van der Waals surface area contributed by atoms with Gasteiger partial charge in [-0.3, -0.25) is 4.79 Å². The average molecular weight is 166 g/mol. The molecule has 1 amide bonds. The molecule has 0 bridgehead atoms. The van der Waals surface area contributed by atoms with Gasteiger partial charge in [0.05, 0.1) is 5.54 Å². The van der Waals surface area contributed by atoms with Gasteiger partial charge in [0.1, 0.15) is 0 Å². The van der Waals surface area contributed by atoms with Crippen LogP contribution in [0.4, 0.5) is 0 Å². The molecule has 66 valence electrons. The first-order chi connectivity index (χ1) is 5.69. The third-order valence-corrected chi connectivity index (χ3v) is 2.25. The van der Waals surface area contributed by atoms with Gasteiger partial charge in [0, 0.05) is 13.0 Å². The molecule has 3 nitrogen and oxygen atoms in total. The van der Waals surface area contributed by atoms with E-state index in [1.54, 1.807) is 0 Å². The minimum Gasteiger partial charge on any atom is -0.354 e. The molecular weight excluding hydrogens is 152 g/mol. The van der Waals surface area contributed by atoms with Crippen molar-refractivity contribution in [3.63, 3.8) is 0 Å². The molecule has 3 N–H and O–H groups in total. The van der Waals surface area contributed by atoms with Gasteiger partial charge in [0.15, 0.2) is 0 Å². The molecule has 0 aromatic rings. The number of nitrogens with one attached hydrogen (secondary N) is 1. The van der Waals surface area contributed by atoms with E-state index in [2.05, 4.69) is 11.2 Å². The summed E-state index contributed by atoms with van der Waals surface area (Å²) in [6.07, 6.45) is 8.26. The fourth-order valence-electron chi connectivity index (χ4n) is 1.21. The molecule has 1 aliphatic carbocycles. The van der Waals surface area contributed by atoms with Crippen LogP contribution in [0.15, 0.2) is 0 Å². The minimum atomic E-state index is -0.589. The summed E-state index contributed by atoms with van der Waals surface area (Å²) in [7, 11) is 0. The van der Waals surface area contributed by atoms with Crippen LogP contribution in [0.5, 0.6) is 0 Å². The SMILES string of the molecule is C#CCCNC(=O)C1(N)CCC1. The molecule has 1 rings (SSSR count). The molecule has 1 fully saturated rings. The Morgan fingerprint density at radius 3 is 2.75 bits per heavy atom. The van der Waals surface area contributed by atoms with E-state index in [1.807, 2.05) is 0 Å². The highest BCUT2D eigenvalue weighted by Crippen LogP contribution is 2.28. The lowest BCUT2D eigenvalue weighted by molar-refractivity contribution is -0.129. The van der Waals surface area contributed by atoms with Crippen molar-refractivity contribution < 1.29 is 4.79 Å². The Labute approximate surface area is 72.7 Å². The number of hydrogen-bond acceptors (Lipinski definition) is 2. The summed E-state index contributed by atoms with van der Waals surface area (Å²) in [5, 5.41) is 2.72. The van der Waals surface area contributed by atoms with Crippen molar-refractivity contribution >= 4 is 5.91 Å². The second-order valence-electron chi connectivity index (χ2n) is 3.22. The van der Waals surface area contributed by atoms with E-state index < -0.39 is 5.54 Å². The fraction of sp³-hybridized carbons (Fsp3) is 0.667. The zero-order valence-corrected chi connectivity index (χ0v) is 7.10. The molecule has 0 radical (unpaired) electrons. The molecular formula is C9H14N2O. The predicted octanol–water partition coefficient (Wildman–Crippen LogP) is 0.00730. The highest BCUT2D eigenvalue weighted by Gasteiger charge is 2.39. The van der Waals surface area contributed by atoms with Crippen LogP contribution >= 0.6 is 0 Å². The van der Waals surface area contributed by atoms with E-state index >= 15 is 0 Å². The molecule has 0 unspecified atom stereocenters. The zero-order chi connectivity index (χ0) is 9.03. The van der Waals surface area contributed by atoms with Crippen molar-refractivity contribution in [1.82, 2.24) is 5.32 Å². The number of terminal acetylenes is 1. The second-order valence-corrected chi connectivity index (χ2v) is 3.22. The van der Waals surface area contributed by atoms with Crippen LogP contribution in [0, 0.1) is 12.3 Å². The van der Waals surface area contributed by atoms with Crippen molar-refractivity contribution in [2.24, 2.45) is 5.73 Å². The zero-order valence-electron chi connectivity index (χ0n) is 7.10. The Bertz CT molecular complexity index is 213. The van der Waals surface area contributed by atoms with E-state index in [0.717, 1.165) is 19.3 Å². The van der Waals surface area contributed by atoms with Crippen molar-refractivity contribution in [2.45, 2.75) is 31.2 Å². The van der Waals surface area contributed by atoms with E-state index in [9.17, 15) is 4.79 Å². The van der Waals surface area contributed by atoms with E-state index in [1.165, 1.54) is 0 Å². The summed E-state index contributed by atoms with van der Waals surface area (Å²) in [6, 6.07) is 0. The highest BCUT2D eigenvalue weighted by atomic mass is 16.2. The fourth-order valence-corrected chi connectivity index (χ4v) is 1.21. The Hall–Kier alpha value is -1.01. The monoisotopic (exact) mass is 166 g/mol.